The molecule has 0 saturated carbocycles. The first-order valence-electron chi connectivity index (χ1n) is 10.8. The summed E-state index contributed by atoms with van der Waals surface area (Å²) in [5, 5.41) is 9.25. The maximum Gasteiger partial charge on any atom is 0.335 e. The van der Waals surface area contributed by atoms with E-state index in [9.17, 15) is 9.90 Å². The van der Waals surface area contributed by atoms with Crippen LogP contribution in [0.15, 0.2) is 78.4 Å². The van der Waals surface area contributed by atoms with E-state index in [2.05, 4.69) is 47.4 Å². The minimum absolute atomic E-state index is 0.351. The van der Waals surface area contributed by atoms with Crippen LogP contribution in [0.5, 0.6) is 5.75 Å². The van der Waals surface area contributed by atoms with Crippen molar-refractivity contribution in [1.29, 1.82) is 0 Å². The Balaban J connectivity index is 1.42. The molecular formula is C27H25NO3. The van der Waals surface area contributed by atoms with E-state index < -0.39 is 5.97 Å². The Kier molecular flexibility index (Phi) is 5.31. The van der Waals surface area contributed by atoms with Crippen LogP contribution in [-0.2, 0) is 13.2 Å². The maximum absolute atomic E-state index is 11.3. The summed E-state index contributed by atoms with van der Waals surface area (Å²) in [5.74, 6) is 0.0783. The molecule has 5 rings (SSSR count). The summed E-state index contributed by atoms with van der Waals surface area (Å²) in [6, 6.07) is 24.2. The summed E-state index contributed by atoms with van der Waals surface area (Å²) >= 11 is 0. The van der Waals surface area contributed by atoms with Crippen LogP contribution in [0.2, 0.25) is 0 Å². The van der Waals surface area contributed by atoms with Crippen LogP contribution in [0, 0.1) is 0 Å². The Bertz CT molecular complexity index is 1100. The highest BCUT2D eigenvalue weighted by Crippen LogP contribution is 2.40. The predicted octanol–water partition coefficient (Wildman–Crippen LogP) is 5.38. The molecule has 0 amide bonds. The summed E-state index contributed by atoms with van der Waals surface area (Å²) in [7, 11) is 0. The molecule has 4 nitrogen and oxygen atoms in total. The Morgan fingerprint density at radius 2 is 1.65 bits per heavy atom. The number of rotatable bonds is 3. The van der Waals surface area contributed by atoms with E-state index in [4.69, 9.17) is 4.74 Å². The van der Waals surface area contributed by atoms with E-state index in [1.54, 1.807) is 12.1 Å². The lowest BCUT2D eigenvalue weighted by molar-refractivity contribution is 0.0696. The maximum atomic E-state index is 11.3. The first-order valence-corrected chi connectivity index (χ1v) is 10.8. The lowest BCUT2D eigenvalue weighted by Gasteiger charge is -2.30. The molecule has 3 aromatic rings. The number of hydrogen-bond donors (Lipinski definition) is 1. The lowest BCUT2D eigenvalue weighted by atomic mass is 9.86. The van der Waals surface area contributed by atoms with E-state index in [0.717, 1.165) is 43.8 Å². The number of para-hydroxylation sites is 1. The number of ether oxygens (including phenoxy) is 1. The predicted molar refractivity (Wildman–Crippen MR) is 121 cm³/mol. The largest absolute Gasteiger partial charge is 0.488 e. The van der Waals surface area contributed by atoms with Gasteiger partial charge in [-0.3, -0.25) is 4.90 Å². The minimum atomic E-state index is -0.875. The second kappa shape index (κ2) is 8.40. The second-order valence-electron chi connectivity index (χ2n) is 8.20. The van der Waals surface area contributed by atoms with Gasteiger partial charge in [0.25, 0.3) is 0 Å². The summed E-state index contributed by atoms with van der Waals surface area (Å²) in [5.41, 5.74) is 7.90. The van der Waals surface area contributed by atoms with Gasteiger partial charge in [0.05, 0.1) is 5.56 Å². The number of aromatic carboxylic acids is 1. The third-order valence-corrected chi connectivity index (χ3v) is 6.22. The molecule has 0 radical (unpaired) electrons. The summed E-state index contributed by atoms with van der Waals surface area (Å²) < 4.78 is 6.13. The molecule has 2 heterocycles. The molecule has 31 heavy (non-hydrogen) atoms. The van der Waals surface area contributed by atoms with Crippen LogP contribution < -0.4 is 4.74 Å². The highest BCUT2D eigenvalue weighted by Gasteiger charge is 2.24. The highest BCUT2D eigenvalue weighted by atomic mass is 16.5. The van der Waals surface area contributed by atoms with E-state index >= 15 is 0 Å². The first kappa shape index (κ1) is 19.6. The zero-order chi connectivity index (χ0) is 21.2. The fourth-order valence-corrected chi connectivity index (χ4v) is 4.66. The number of piperidine rings is 1. The van der Waals surface area contributed by atoms with Crippen molar-refractivity contribution in [2.24, 2.45) is 0 Å². The fourth-order valence-electron chi connectivity index (χ4n) is 4.66. The number of nitrogens with zero attached hydrogens (tertiary/aromatic N) is 1. The molecule has 0 aromatic heterocycles. The zero-order valence-corrected chi connectivity index (χ0v) is 17.4. The van der Waals surface area contributed by atoms with Crippen molar-refractivity contribution in [1.82, 2.24) is 4.90 Å². The molecule has 0 unspecified atom stereocenters. The molecular weight excluding hydrogens is 386 g/mol. The molecule has 0 aliphatic carbocycles. The monoisotopic (exact) mass is 411 g/mol. The molecule has 1 saturated heterocycles. The third-order valence-electron chi connectivity index (χ3n) is 6.22. The molecule has 156 valence electrons. The van der Waals surface area contributed by atoms with Gasteiger partial charge in [0.15, 0.2) is 0 Å². The van der Waals surface area contributed by atoms with Crippen molar-refractivity contribution < 1.29 is 14.6 Å². The van der Waals surface area contributed by atoms with Crippen molar-refractivity contribution in [3.05, 3.63) is 106 Å². The quantitative estimate of drug-likeness (QED) is 0.629. The smallest absolute Gasteiger partial charge is 0.335 e. The molecule has 2 aliphatic rings. The Morgan fingerprint density at radius 3 is 2.45 bits per heavy atom. The van der Waals surface area contributed by atoms with Crippen LogP contribution in [0.3, 0.4) is 0 Å². The average Bonchev–Trinajstić information content (AvgIpc) is 2.97. The molecule has 0 atom stereocenters. The first-order chi connectivity index (χ1) is 15.2. The van der Waals surface area contributed by atoms with E-state index in [1.165, 1.54) is 27.8 Å². The van der Waals surface area contributed by atoms with E-state index in [1.807, 2.05) is 18.2 Å². The van der Waals surface area contributed by atoms with Crippen molar-refractivity contribution >= 4 is 11.5 Å². The number of likely N-dealkylation sites (tertiary alicyclic amines) is 1. The van der Waals surface area contributed by atoms with Crippen LogP contribution in [0.1, 0.15) is 45.5 Å². The van der Waals surface area contributed by atoms with Crippen LogP contribution in [0.4, 0.5) is 0 Å². The molecule has 2 aliphatic heterocycles. The van der Waals surface area contributed by atoms with Gasteiger partial charge in [0.1, 0.15) is 12.4 Å². The fraction of sp³-hybridized carbons (Fsp3) is 0.222. The van der Waals surface area contributed by atoms with Gasteiger partial charge in [-0.15, -0.1) is 0 Å². The second-order valence-corrected chi connectivity index (χ2v) is 8.20. The van der Waals surface area contributed by atoms with E-state index in [0.29, 0.717) is 12.2 Å². The van der Waals surface area contributed by atoms with Crippen LogP contribution >= 0.6 is 0 Å². The van der Waals surface area contributed by atoms with Crippen LogP contribution in [0.25, 0.3) is 5.57 Å². The van der Waals surface area contributed by atoms with Gasteiger partial charge in [0, 0.05) is 25.2 Å². The summed E-state index contributed by atoms with van der Waals surface area (Å²) in [4.78, 5) is 13.7. The van der Waals surface area contributed by atoms with Crippen molar-refractivity contribution in [3.63, 3.8) is 0 Å². The number of carbonyl (C=O) groups is 1. The van der Waals surface area contributed by atoms with Gasteiger partial charge in [-0.1, -0.05) is 60.2 Å². The number of carboxylic acids is 1. The number of hydrogen-bond acceptors (Lipinski definition) is 3. The van der Waals surface area contributed by atoms with E-state index in [-0.39, 0.29) is 0 Å². The van der Waals surface area contributed by atoms with Gasteiger partial charge >= 0.3 is 5.97 Å². The van der Waals surface area contributed by atoms with Crippen molar-refractivity contribution in [2.75, 3.05) is 13.1 Å². The normalized spacial score (nSPS) is 16.1. The molecule has 0 spiro atoms. The summed E-state index contributed by atoms with van der Waals surface area (Å²) in [6.07, 6.45) is 1.99. The number of carboxylic acid groups (broad SMARTS) is 1. The summed E-state index contributed by atoms with van der Waals surface area (Å²) in [6.45, 7) is 3.29. The number of benzene rings is 3. The zero-order valence-electron chi connectivity index (χ0n) is 17.4. The molecule has 3 aromatic carbocycles. The van der Waals surface area contributed by atoms with Gasteiger partial charge in [-0.05, 0) is 53.3 Å². The molecule has 1 N–H and O–H groups in total. The molecule has 0 bridgehead atoms. The van der Waals surface area contributed by atoms with Gasteiger partial charge in [0.2, 0.25) is 0 Å². The van der Waals surface area contributed by atoms with Gasteiger partial charge in [-0.25, -0.2) is 4.79 Å². The number of fused-ring (bicyclic) bond motifs is 2. The van der Waals surface area contributed by atoms with Crippen LogP contribution in [-0.4, -0.2) is 29.1 Å². The third kappa shape index (κ3) is 3.99. The SMILES string of the molecule is O=C(O)c1cccc(CN2CCC(=C3c4ccccc4COc4ccccc43)CC2)c1. The van der Waals surface area contributed by atoms with Crippen molar-refractivity contribution in [3.8, 4) is 5.75 Å². The minimum Gasteiger partial charge on any atom is -0.488 e. The van der Waals surface area contributed by atoms with Gasteiger partial charge in [-0.2, -0.15) is 0 Å². The lowest BCUT2D eigenvalue weighted by Crippen LogP contribution is -2.30. The average molecular weight is 412 g/mol. The molecule has 4 heteroatoms. The Hall–Kier alpha value is -3.37. The Morgan fingerprint density at radius 1 is 0.903 bits per heavy atom. The highest BCUT2D eigenvalue weighted by molar-refractivity contribution is 5.88. The molecule has 1 fully saturated rings. The standard InChI is InChI=1S/C27H25NO3/c29-27(30)21-8-5-6-19(16-21)17-28-14-12-20(13-15-28)26-23-9-2-1-7-22(23)18-31-25-11-4-3-10-24(25)26/h1-11,16H,12-15,17-18H2,(H,29,30). The Labute approximate surface area is 182 Å². The van der Waals surface area contributed by atoms with Crippen molar-refractivity contribution in [2.45, 2.75) is 26.0 Å². The van der Waals surface area contributed by atoms with Gasteiger partial charge < -0.3 is 9.84 Å². The topological polar surface area (TPSA) is 49.8 Å².